The fourth-order valence-electron chi connectivity index (χ4n) is 1.19. The molecule has 2 N–H and O–H groups in total. The lowest BCUT2D eigenvalue weighted by Gasteiger charge is -2.16. The van der Waals surface area contributed by atoms with Crippen molar-refractivity contribution in [1.29, 1.82) is 5.26 Å². The van der Waals surface area contributed by atoms with Crippen molar-refractivity contribution in [3.8, 4) is 6.07 Å². The highest BCUT2D eigenvalue weighted by Gasteiger charge is 2.09. The summed E-state index contributed by atoms with van der Waals surface area (Å²) in [5.74, 6) is -0.0257. The van der Waals surface area contributed by atoms with Gasteiger partial charge in [-0.1, -0.05) is 0 Å². The van der Waals surface area contributed by atoms with Crippen molar-refractivity contribution in [1.82, 2.24) is 0 Å². The van der Waals surface area contributed by atoms with Crippen molar-refractivity contribution in [2.45, 2.75) is 6.42 Å². The van der Waals surface area contributed by atoms with Crippen molar-refractivity contribution < 1.29 is 4.79 Å². The fourth-order valence-corrected chi connectivity index (χ4v) is 1.19. The SMILES string of the molecule is CN(C(=O)CCN)c1ccc(C#N)cc1. The Hall–Kier alpha value is -1.86. The fraction of sp³-hybridized carbons (Fsp3) is 0.273. The Bertz CT molecular complexity index is 378. The van der Waals surface area contributed by atoms with Gasteiger partial charge in [-0.15, -0.1) is 0 Å². The quantitative estimate of drug-likeness (QED) is 0.792. The molecule has 4 nitrogen and oxygen atoms in total. The highest BCUT2D eigenvalue weighted by atomic mass is 16.2. The molecular weight excluding hydrogens is 190 g/mol. The topological polar surface area (TPSA) is 70.1 Å². The zero-order chi connectivity index (χ0) is 11.3. The summed E-state index contributed by atoms with van der Waals surface area (Å²) in [6, 6.07) is 8.87. The number of carbonyl (C=O) groups excluding carboxylic acids is 1. The number of nitriles is 1. The van der Waals surface area contributed by atoms with Crippen LogP contribution in [0.3, 0.4) is 0 Å². The van der Waals surface area contributed by atoms with Crippen LogP contribution in [0.1, 0.15) is 12.0 Å². The largest absolute Gasteiger partial charge is 0.330 e. The molecule has 0 aliphatic heterocycles. The van der Waals surface area contributed by atoms with Crippen molar-refractivity contribution in [2.24, 2.45) is 5.73 Å². The van der Waals surface area contributed by atoms with Crippen LogP contribution in [0.4, 0.5) is 5.69 Å². The molecule has 78 valence electrons. The molecule has 0 fully saturated rings. The molecule has 1 amide bonds. The molecule has 0 unspecified atom stereocenters. The number of amides is 1. The van der Waals surface area contributed by atoms with E-state index in [1.807, 2.05) is 6.07 Å². The summed E-state index contributed by atoms with van der Waals surface area (Å²) in [6.07, 6.45) is 0.330. The number of hydrogen-bond acceptors (Lipinski definition) is 3. The maximum absolute atomic E-state index is 11.5. The van der Waals surface area contributed by atoms with E-state index < -0.39 is 0 Å². The molecule has 1 aromatic rings. The number of rotatable bonds is 3. The van der Waals surface area contributed by atoms with Gasteiger partial charge in [-0.3, -0.25) is 4.79 Å². The van der Waals surface area contributed by atoms with Crippen LogP contribution < -0.4 is 10.6 Å². The van der Waals surface area contributed by atoms with Gasteiger partial charge in [-0.25, -0.2) is 0 Å². The average molecular weight is 203 g/mol. The monoisotopic (exact) mass is 203 g/mol. The summed E-state index contributed by atoms with van der Waals surface area (Å²) >= 11 is 0. The minimum Gasteiger partial charge on any atom is -0.330 e. The van der Waals surface area contributed by atoms with E-state index in [0.29, 0.717) is 18.5 Å². The van der Waals surface area contributed by atoms with E-state index in [-0.39, 0.29) is 5.91 Å². The van der Waals surface area contributed by atoms with Crippen LogP contribution in [0.25, 0.3) is 0 Å². The summed E-state index contributed by atoms with van der Waals surface area (Å²) in [4.78, 5) is 13.0. The third-order valence-electron chi connectivity index (χ3n) is 2.12. The summed E-state index contributed by atoms with van der Waals surface area (Å²) in [5, 5.41) is 8.61. The number of nitrogens with zero attached hydrogens (tertiary/aromatic N) is 2. The summed E-state index contributed by atoms with van der Waals surface area (Å²) in [6.45, 7) is 0.347. The standard InChI is InChI=1S/C11H13N3O/c1-14(11(15)6-7-12)10-4-2-9(8-13)3-5-10/h2-5H,6-7,12H2,1H3. The second kappa shape index (κ2) is 5.13. The molecule has 0 radical (unpaired) electrons. The number of nitrogens with two attached hydrogens (primary N) is 1. The predicted octanol–water partition coefficient (Wildman–Crippen LogP) is 0.870. The van der Waals surface area contributed by atoms with Gasteiger partial charge in [0.05, 0.1) is 11.6 Å². The molecule has 0 aliphatic rings. The zero-order valence-corrected chi connectivity index (χ0v) is 8.60. The smallest absolute Gasteiger partial charge is 0.227 e. The van der Waals surface area contributed by atoms with Crippen LogP contribution in [0.15, 0.2) is 24.3 Å². The van der Waals surface area contributed by atoms with Gasteiger partial charge in [-0.05, 0) is 24.3 Å². The number of hydrogen-bond donors (Lipinski definition) is 1. The number of anilines is 1. The minimum atomic E-state index is -0.0257. The van der Waals surface area contributed by atoms with Crippen molar-refractivity contribution in [2.75, 3.05) is 18.5 Å². The van der Waals surface area contributed by atoms with Gasteiger partial charge >= 0.3 is 0 Å². The van der Waals surface area contributed by atoms with E-state index >= 15 is 0 Å². The van der Waals surface area contributed by atoms with E-state index in [0.717, 1.165) is 5.69 Å². The van der Waals surface area contributed by atoms with E-state index in [4.69, 9.17) is 11.0 Å². The van der Waals surface area contributed by atoms with Gasteiger partial charge in [-0.2, -0.15) is 5.26 Å². The molecule has 0 heterocycles. The van der Waals surface area contributed by atoms with Crippen molar-refractivity contribution in [3.63, 3.8) is 0 Å². The normalized spacial score (nSPS) is 9.40. The van der Waals surface area contributed by atoms with Gasteiger partial charge in [0.15, 0.2) is 0 Å². The molecule has 15 heavy (non-hydrogen) atoms. The Balaban J connectivity index is 2.79. The van der Waals surface area contributed by atoms with Crippen molar-refractivity contribution in [3.05, 3.63) is 29.8 Å². The summed E-state index contributed by atoms with van der Waals surface area (Å²) in [7, 11) is 1.69. The van der Waals surface area contributed by atoms with Gasteiger partial charge < -0.3 is 10.6 Å². The second-order valence-electron chi connectivity index (χ2n) is 3.15. The van der Waals surface area contributed by atoms with Gasteiger partial charge in [0, 0.05) is 25.7 Å². The molecule has 0 spiro atoms. The molecule has 0 saturated heterocycles. The minimum absolute atomic E-state index is 0.0257. The highest BCUT2D eigenvalue weighted by molar-refractivity contribution is 5.92. The molecule has 1 aromatic carbocycles. The lowest BCUT2D eigenvalue weighted by Crippen LogP contribution is -2.27. The van der Waals surface area contributed by atoms with Crippen LogP contribution in [0.2, 0.25) is 0 Å². The molecule has 0 aliphatic carbocycles. The van der Waals surface area contributed by atoms with Crippen LogP contribution in [-0.2, 0) is 4.79 Å². The second-order valence-corrected chi connectivity index (χ2v) is 3.15. The molecule has 4 heteroatoms. The maximum Gasteiger partial charge on any atom is 0.227 e. The molecule has 0 atom stereocenters. The predicted molar refractivity (Wildman–Crippen MR) is 58.2 cm³/mol. The lowest BCUT2D eigenvalue weighted by atomic mass is 10.2. The third kappa shape index (κ3) is 2.79. The van der Waals surface area contributed by atoms with Gasteiger partial charge in [0.25, 0.3) is 0 Å². The molecule has 0 saturated carbocycles. The first-order chi connectivity index (χ1) is 7.19. The van der Waals surface area contributed by atoms with Crippen molar-refractivity contribution >= 4 is 11.6 Å². The Kier molecular flexibility index (Phi) is 3.83. The van der Waals surface area contributed by atoms with E-state index in [2.05, 4.69) is 0 Å². The molecule has 0 bridgehead atoms. The van der Waals surface area contributed by atoms with E-state index in [9.17, 15) is 4.79 Å². The molecule has 1 rings (SSSR count). The van der Waals surface area contributed by atoms with Crippen LogP contribution in [0.5, 0.6) is 0 Å². The van der Waals surface area contributed by atoms with E-state index in [1.165, 1.54) is 4.90 Å². The van der Waals surface area contributed by atoms with E-state index in [1.54, 1.807) is 31.3 Å². The van der Waals surface area contributed by atoms with Gasteiger partial charge in [0.2, 0.25) is 5.91 Å². The number of carbonyl (C=O) groups is 1. The average Bonchev–Trinajstić information content (AvgIpc) is 2.28. The first kappa shape index (κ1) is 11.2. The summed E-state index contributed by atoms with van der Waals surface area (Å²) in [5.41, 5.74) is 6.65. The van der Waals surface area contributed by atoms with Crippen LogP contribution in [0, 0.1) is 11.3 Å². The summed E-state index contributed by atoms with van der Waals surface area (Å²) < 4.78 is 0. The first-order valence-corrected chi connectivity index (χ1v) is 4.66. The first-order valence-electron chi connectivity index (χ1n) is 4.66. The Labute approximate surface area is 88.9 Å². The highest BCUT2D eigenvalue weighted by Crippen LogP contribution is 2.13. The van der Waals surface area contributed by atoms with Crippen LogP contribution >= 0.6 is 0 Å². The number of benzene rings is 1. The maximum atomic E-state index is 11.5. The third-order valence-corrected chi connectivity index (χ3v) is 2.12. The Morgan fingerprint density at radius 2 is 2.07 bits per heavy atom. The molecule has 0 aromatic heterocycles. The Morgan fingerprint density at radius 1 is 1.47 bits per heavy atom. The zero-order valence-electron chi connectivity index (χ0n) is 8.60. The lowest BCUT2D eigenvalue weighted by molar-refractivity contribution is -0.118. The van der Waals surface area contributed by atoms with Gasteiger partial charge in [0.1, 0.15) is 0 Å². The van der Waals surface area contributed by atoms with Crippen LogP contribution in [-0.4, -0.2) is 19.5 Å². The molecular formula is C11H13N3O. The Morgan fingerprint density at radius 3 is 2.53 bits per heavy atom.